The Morgan fingerprint density at radius 2 is 2.27 bits per heavy atom. The second kappa shape index (κ2) is 8.37. The zero-order valence-electron chi connectivity index (χ0n) is 18.4. The molecule has 2 fully saturated rings. The number of hydrogen-bond acceptors (Lipinski definition) is 7. The maximum absolute atomic E-state index is 13.4. The second-order valence-electron chi connectivity index (χ2n) is 8.87. The first-order chi connectivity index (χ1) is 16.1. The Morgan fingerprint density at radius 3 is 3.00 bits per heavy atom. The van der Waals surface area contributed by atoms with Gasteiger partial charge >= 0.3 is 0 Å². The van der Waals surface area contributed by atoms with Crippen molar-refractivity contribution in [2.24, 2.45) is 11.3 Å². The van der Waals surface area contributed by atoms with Crippen LogP contribution in [0.1, 0.15) is 36.4 Å². The van der Waals surface area contributed by atoms with Crippen LogP contribution in [0.15, 0.2) is 36.8 Å². The summed E-state index contributed by atoms with van der Waals surface area (Å²) >= 11 is 0. The molecule has 0 bridgehead atoms. The van der Waals surface area contributed by atoms with Gasteiger partial charge in [-0.2, -0.15) is 5.26 Å². The van der Waals surface area contributed by atoms with Gasteiger partial charge in [0.1, 0.15) is 23.5 Å². The summed E-state index contributed by atoms with van der Waals surface area (Å²) in [6.45, 7) is 1.24. The van der Waals surface area contributed by atoms with E-state index in [0.717, 1.165) is 42.8 Å². The summed E-state index contributed by atoms with van der Waals surface area (Å²) in [7, 11) is 1.51. The Balaban J connectivity index is 1.33. The number of aromatic amines is 1. The number of carbonyl (C=O) groups is 1. The number of piperidine rings is 1. The monoisotopic (exact) mass is 446 g/mol. The van der Waals surface area contributed by atoms with Gasteiger partial charge in [0, 0.05) is 30.8 Å². The minimum Gasteiger partial charge on any atom is -0.496 e. The quantitative estimate of drug-likeness (QED) is 0.530. The minimum atomic E-state index is -0.602. The summed E-state index contributed by atoms with van der Waals surface area (Å²) < 4.78 is 5.41. The van der Waals surface area contributed by atoms with E-state index in [2.05, 4.69) is 31.2 Å². The van der Waals surface area contributed by atoms with E-state index in [1.165, 1.54) is 7.11 Å². The molecule has 1 saturated carbocycles. The smallest absolute Gasteiger partial charge is 0.224 e. The topological polar surface area (TPSA) is 127 Å². The first-order valence-electron chi connectivity index (χ1n) is 11.1. The predicted molar refractivity (Wildman–Crippen MR) is 122 cm³/mol. The molecule has 3 N–H and O–H groups in total. The summed E-state index contributed by atoms with van der Waals surface area (Å²) in [5.41, 5.74) is 1.85. The molecule has 5 rings (SSSR count). The fourth-order valence-electron chi connectivity index (χ4n) is 5.09. The molecule has 2 aliphatic rings. The van der Waals surface area contributed by atoms with Crippen LogP contribution in [0.5, 0.6) is 5.75 Å². The van der Waals surface area contributed by atoms with Crippen molar-refractivity contribution in [1.29, 1.82) is 5.26 Å². The van der Waals surface area contributed by atoms with E-state index < -0.39 is 6.04 Å². The number of carbonyl (C=O) groups excluding carboxylic acids is 1. The van der Waals surface area contributed by atoms with Gasteiger partial charge < -0.3 is 25.0 Å². The summed E-state index contributed by atoms with van der Waals surface area (Å²) in [6, 6.07) is 8.47. The minimum absolute atomic E-state index is 0.0490. The fourth-order valence-corrected chi connectivity index (χ4v) is 5.09. The third-order valence-corrected chi connectivity index (χ3v) is 7.01. The van der Waals surface area contributed by atoms with E-state index in [9.17, 15) is 9.90 Å². The van der Waals surface area contributed by atoms with Crippen LogP contribution < -0.4 is 15.0 Å². The number of nitrogens with one attached hydrogen (secondary N) is 2. The largest absolute Gasteiger partial charge is 0.496 e. The lowest BCUT2D eigenvalue weighted by Crippen LogP contribution is -2.49. The Labute approximate surface area is 191 Å². The molecule has 3 aromatic rings. The number of nitrogens with zero attached hydrogens (tertiary/aromatic N) is 4. The Morgan fingerprint density at radius 1 is 1.42 bits per heavy atom. The molecule has 1 spiro atoms. The molecule has 0 unspecified atom stereocenters. The fraction of sp³-hybridized carbons (Fsp3) is 0.417. The van der Waals surface area contributed by atoms with E-state index in [1.807, 2.05) is 12.3 Å². The number of benzene rings is 1. The molecule has 1 aliphatic heterocycles. The molecule has 9 heteroatoms. The molecule has 1 aliphatic carbocycles. The number of rotatable bonds is 6. The van der Waals surface area contributed by atoms with E-state index in [4.69, 9.17) is 10.00 Å². The molecule has 2 aromatic heterocycles. The average molecular weight is 447 g/mol. The van der Waals surface area contributed by atoms with Gasteiger partial charge in [-0.1, -0.05) is 6.07 Å². The van der Waals surface area contributed by atoms with Gasteiger partial charge in [-0.25, -0.2) is 9.97 Å². The number of amides is 1. The van der Waals surface area contributed by atoms with Crippen molar-refractivity contribution in [1.82, 2.24) is 20.3 Å². The van der Waals surface area contributed by atoms with Crippen LogP contribution in [-0.4, -0.2) is 52.8 Å². The van der Waals surface area contributed by atoms with Crippen LogP contribution >= 0.6 is 0 Å². The number of aliphatic hydroxyl groups excluding tert-OH is 1. The number of hydrogen-bond donors (Lipinski definition) is 3. The van der Waals surface area contributed by atoms with Gasteiger partial charge in [-0.3, -0.25) is 4.79 Å². The third-order valence-electron chi connectivity index (χ3n) is 7.01. The SMILES string of the molecule is COc1cc(C#N)ccc1[C@H](CO)NC(=O)[C@H]1CCN(c2ncnc3[nH]ccc23)CC12CC2. The van der Waals surface area contributed by atoms with Gasteiger partial charge in [0.15, 0.2) is 0 Å². The summed E-state index contributed by atoms with van der Waals surface area (Å²) in [6.07, 6.45) is 6.13. The maximum atomic E-state index is 13.4. The first-order valence-corrected chi connectivity index (χ1v) is 11.1. The molecule has 1 saturated heterocycles. The molecular weight excluding hydrogens is 420 g/mol. The normalized spacial score (nSPS) is 19.8. The summed E-state index contributed by atoms with van der Waals surface area (Å²) in [5, 5.41) is 23.2. The molecule has 0 radical (unpaired) electrons. The van der Waals surface area contributed by atoms with Crippen LogP contribution in [0.3, 0.4) is 0 Å². The lowest BCUT2D eigenvalue weighted by Gasteiger charge is -2.39. The number of fused-ring (bicyclic) bond motifs is 1. The molecule has 1 amide bonds. The highest BCUT2D eigenvalue weighted by molar-refractivity contribution is 5.88. The van der Waals surface area contributed by atoms with Crippen molar-refractivity contribution < 1.29 is 14.6 Å². The Hall–Kier alpha value is -3.64. The van der Waals surface area contributed by atoms with Crippen LogP contribution in [-0.2, 0) is 4.79 Å². The van der Waals surface area contributed by atoms with Crippen LogP contribution in [0.4, 0.5) is 5.82 Å². The predicted octanol–water partition coefficient (Wildman–Crippen LogP) is 2.29. The van der Waals surface area contributed by atoms with Crippen LogP contribution in [0.2, 0.25) is 0 Å². The summed E-state index contributed by atoms with van der Waals surface area (Å²) in [4.78, 5) is 27.6. The highest BCUT2D eigenvalue weighted by atomic mass is 16.5. The van der Waals surface area contributed by atoms with Gasteiger partial charge in [0.05, 0.1) is 36.8 Å². The highest BCUT2D eigenvalue weighted by Gasteiger charge is 2.55. The molecule has 1 aromatic carbocycles. The molecule has 33 heavy (non-hydrogen) atoms. The number of ether oxygens (including phenoxy) is 1. The lowest BCUT2D eigenvalue weighted by atomic mass is 9.81. The molecule has 9 nitrogen and oxygen atoms in total. The van der Waals surface area contributed by atoms with Gasteiger partial charge in [-0.05, 0) is 42.9 Å². The average Bonchev–Trinajstić information content (AvgIpc) is 3.42. The number of H-pyrrole nitrogens is 1. The zero-order chi connectivity index (χ0) is 23.0. The number of methoxy groups -OCH3 is 1. The van der Waals surface area contributed by atoms with Crippen LogP contribution in [0.25, 0.3) is 11.0 Å². The van der Waals surface area contributed by atoms with E-state index in [1.54, 1.807) is 24.5 Å². The molecule has 2 atom stereocenters. The number of nitriles is 1. The number of aromatic nitrogens is 3. The van der Waals surface area contributed by atoms with E-state index >= 15 is 0 Å². The summed E-state index contributed by atoms with van der Waals surface area (Å²) in [5.74, 6) is 1.20. The van der Waals surface area contributed by atoms with E-state index in [-0.39, 0.29) is 23.8 Å². The van der Waals surface area contributed by atoms with E-state index in [0.29, 0.717) is 23.3 Å². The van der Waals surface area contributed by atoms with Crippen molar-refractivity contribution in [2.45, 2.75) is 25.3 Å². The molecule has 3 heterocycles. The van der Waals surface area contributed by atoms with Gasteiger partial charge in [0.2, 0.25) is 5.91 Å². The third kappa shape index (κ3) is 3.76. The highest BCUT2D eigenvalue weighted by Crippen LogP contribution is 2.56. The van der Waals surface area contributed by atoms with Gasteiger partial charge in [0.25, 0.3) is 0 Å². The van der Waals surface area contributed by atoms with Crippen LogP contribution in [0, 0.1) is 22.7 Å². The number of aliphatic hydroxyl groups is 1. The Bertz CT molecular complexity index is 1230. The maximum Gasteiger partial charge on any atom is 0.224 e. The van der Waals surface area contributed by atoms with Crippen molar-refractivity contribution >= 4 is 22.8 Å². The van der Waals surface area contributed by atoms with Crippen molar-refractivity contribution in [3.63, 3.8) is 0 Å². The molecule has 170 valence electrons. The van der Waals surface area contributed by atoms with Crippen molar-refractivity contribution in [2.75, 3.05) is 31.7 Å². The zero-order valence-corrected chi connectivity index (χ0v) is 18.4. The first kappa shape index (κ1) is 21.2. The number of anilines is 1. The van der Waals surface area contributed by atoms with Gasteiger partial charge in [-0.15, -0.1) is 0 Å². The standard InChI is InChI=1S/C24H26N6O3/c1-33-20-10-15(11-25)2-3-16(20)19(12-31)29-23(32)18-5-9-30(13-24(18)6-7-24)22-17-4-8-26-21(17)27-14-28-22/h2-4,8,10,14,18-19,31H,5-7,9,12-13H2,1H3,(H,29,32)(H,26,27,28)/t18-,19+/m1/s1. The second-order valence-corrected chi connectivity index (χ2v) is 8.87. The molecular formula is C24H26N6O3. The van der Waals surface area contributed by atoms with Crippen molar-refractivity contribution in [3.05, 3.63) is 47.9 Å². The van der Waals surface area contributed by atoms with Crippen molar-refractivity contribution in [3.8, 4) is 11.8 Å². The Kier molecular flexibility index (Phi) is 5.38. The lowest BCUT2D eigenvalue weighted by molar-refractivity contribution is -0.129.